The molecule has 0 bridgehead atoms. The Morgan fingerprint density at radius 1 is 1.28 bits per heavy atom. The molecule has 25 heavy (non-hydrogen) atoms. The summed E-state index contributed by atoms with van der Waals surface area (Å²) in [5, 5.41) is 6.45. The Morgan fingerprint density at radius 3 is 2.76 bits per heavy atom. The maximum absolute atomic E-state index is 12.5. The van der Waals surface area contributed by atoms with Crippen molar-refractivity contribution in [2.24, 2.45) is 0 Å². The molecule has 3 rings (SSSR count). The van der Waals surface area contributed by atoms with Crippen LogP contribution in [0.3, 0.4) is 0 Å². The molecule has 0 radical (unpaired) electrons. The van der Waals surface area contributed by atoms with Gasteiger partial charge >= 0.3 is 0 Å². The predicted molar refractivity (Wildman–Crippen MR) is 88.4 cm³/mol. The van der Waals surface area contributed by atoms with Crippen LogP contribution in [-0.2, 0) is 16.6 Å². The van der Waals surface area contributed by atoms with Gasteiger partial charge in [0, 0.05) is 6.20 Å². The van der Waals surface area contributed by atoms with Gasteiger partial charge in [0.05, 0.1) is 17.6 Å². The molecule has 0 fully saturated rings. The Hall–Kier alpha value is -2.94. The Bertz CT molecular complexity index is 1020. The number of carbonyl (C=O) groups excluding carboxylic acids is 1. The van der Waals surface area contributed by atoms with Crippen molar-refractivity contribution >= 4 is 15.9 Å². The molecule has 0 aliphatic heterocycles. The standard InChI is InChI=1S/C16H16N4O4S/c1-11-4-3-5-13(8-11)25(22,23)20-7-6-14(19-20)16(21)18-10-15-17-9-12(2)24-15/h3-9H,10H2,1-2H3,(H,18,21). The first-order valence-electron chi connectivity index (χ1n) is 7.44. The summed E-state index contributed by atoms with van der Waals surface area (Å²) >= 11 is 0. The Morgan fingerprint density at radius 2 is 2.08 bits per heavy atom. The smallest absolute Gasteiger partial charge is 0.282 e. The number of aromatic nitrogens is 3. The summed E-state index contributed by atoms with van der Waals surface area (Å²) in [7, 11) is -3.84. The highest BCUT2D eigenvalue weighted by atomic mass is 32.2. The third-order valence-corrected chi connectivity index (χ3v) is 4.95. The van der Waals surface area contributed by atoms with Crippen molar-refractivity contribution in [3.05, 3.63) is 65.6 Å². The number of carbonyl (C=O) groups is 1. The van der Waals surface area contributed by atoms with Crippen molar-refractivity contribution in [2.75, 3.05) is 0 Å². The summed E-state index contributed by atoms with van der Waals surface area (Å²) in [6, 6.07) is 7.81. The largest absolute Gasteiger partial charge is 0.444 e. The molecule has 1 amide bonds. The maximum Gasteiger partial charge on any atom is 0.282 e. The zero-order chi connectivity index (χ0) is 18.0. The quantitative estimate of drug-likeness (QED) is 0.741. The van der Waals surface area contributed by atoms with Gasteiger partial charge in [0.2, 0.25) is 5.89 Å². The highest BCUT2D eigenvalue weighted by molar-refractivity contribution is 7.89. The van der Waals surface area contributed by atoms with Gasteiger partial charge in [-0.15, -0.1) is 0 Å². The summed E-state index contributed by atoms with van der Waals surface area (Å²) in [6.45, 7) is 3.63. The van der Waals surface area contributed by atoms with Crippen LogP contribution in [0.2, 0.25) is 0 Å². The van der Waals surface area contributed by atoms with Crippen LogP contribution >= 0.6 is 0 Å². The van der Waals surface area contributed by atoms with Crippen LogP contribution in [-0.4, -0.2) is 28.5 Å². The zero-order valence-corrected chi connectivity index (χ0v) is 14.4. The van der Waals surface area contributed by atoms with E-state index in [0.717, 1.165) is 9.65 Å². The van der Waals surface area contributed by atoms with E-state index in [4.69, 9.17) is 4.42 Å². The molecule has 0 unspecified atom stereocenters. The maximum atomic E-state index is 12.5. The van der Waals surface area contributed by atoms with E-state index in [9.17, 15) is 13.2 Å². The first kappa shape index (κ1) is 16.9. The van der Waals surface area contributed by atoms with E-state index in [1.807, 2.05) is 0 Å². The fraction of sp³-hybridized carbons (Fsp3) is 0.188. The van der Waals surface area contributed by atoms with Gasteiger partial charge < -0.3 is 9.73 Å². The van der Waals surface area contributed by atoms with Crippen LogP contribution in [0.25, 0.3) is 0 Å². The lowest BCUT2D eigenvalue weighted by molar-refractivity contribution is 0.0942. The first-order chi connectivity index (χ1) is 11.9. The van der Waals surface area contributed by atoms with Crippen LogP contribution in [0, 0.1) is 13.8 Å². The monoisotopic (exact) mass is 360 g/mol. The molecule has 0 atom stereocenters. The van der Waals surface area contributed by atoms with Crippen molar-refractivity contribution in [1.29, 1.82) is 0 Å². The van der Waals surface area contributed by atoms with Crippen LogP contribution in [0.4, 0.5) is 0 Å². The SMILES string of the molecule is Cc1cccc(S(=O)(=O)n2ccc(C(=O)NCc3ncc(C)o3)n2)c1. The molecule has 3 aromatic rings. The summed E-state index contributed by atoms with van der Waals surface area (Å²) in [4.78, 5) is 16.2. The molecule has 8 nitrogen and oxygen atoms in total. The fourth-order valence-electron chi connectivity index (χ4n) is 2.18. The number of rotatable bonds is 5. The second-order valence-corrected chi connectivity index (χ2v) is 7.24. The number of benzene rings is 1. The predicted octanol–water partition coefficient (Wildman–Crippen LogP) is 1.65. The lowest BCUT2D eigenvalue weighted by Crippen LogP contribution is -2.24. The van der Waals surface area contributed by atoms with Crippen LogP contribution in [0.1, 0.15) is 27.7 Å². The lowest BCUT2D eigenvalue weighted by atomic mass is 10.2. The Labute approximate surface area is 144 Å². The number of oxazole rings is 1. The van der Waals surface area contributed by atoms with Gasteiger partial charge in [-0.05, 0) is 37.6 Å². The van der Waals surface area contributed by atoms with E-state index in [2.05, 4.69) is 15.4 Å². The second kappa shape index (κ2) is 6.52. The van der Waals surface area contributed by atoms with Crippen LogP contribution < -0.4 is 5.32 Å². The van der Waals surface area contributed by atoms with E-state index in [1.54, 1.807) is 38.2 Å². The van der Waals surface area contributed by atoms with E-state index in [1.165, 1.54) is 18.3 Å². The van der Waals surface area contributed by atoms with Gasteiger partial charge in [-0.1, -0.05) is 12.1 Å². The normalized spacial score (nSPS) is 11.4. The van der Waals surface area contributed by atoms with E-state index >= 15 is 0 Å². The molecule has 0 aliphatic rings. The number of aryl methyl sites for hydroxylation is 2. The molecule has 0 saturated heterocycles. The van der Waals surface area contributed by atoms with Crippen molar-refractivity contribution in [2.45, 2.75) is 25.3 Å². The van der Waals surface area contributed by atoms with E-state index < -0.39 is 15.9 Å². The Kier molecular flexibility index (Phi) is 4.41. The molecule has 2 aromatic heterocycles. The third-order valence-electron chi connectivity index (χ3n) is 3.40. The van der Waals surface area contributed by atoms with E-state index in [0.29, 0.717) is 11.7 Å². The number of hydrogen-bond acceptors (Lipinski definition) is 6. The topological polar surface area (TPSA) is 107 Å². The minimum atomic E-state index is -3.84. The van der Waals surface area contributed by atoms with Gasteiger partial charge in [-0.3, -0.25) is 4.79 Å². The summed E-state index contributed by atoms with van der Waals surface area (Å²) in [6.07, 6.45) is 2.78. The van der Waals surface area contributed by atoms with Gasteiger partial charge in [0.1, 0.15) is 5.76 Å². The van der Waals surface area contributed by atoms with Crippen LogP contribution in [0.5, 0.6) is 0 Å². The molecule has 130 valence electrons. The number of nitrogens with zero attached hydrogens (tertiary/aromatic N) is 3. The number of nitrogens with one attached hydrogen (secondary N) is 1. The molecule has 1 aromatic carbocycles. The molecule has 2 heterocycles. The molecular formula is C16H16N4O4S. The van der Waals surface area contributed by atoms with Crippen molar-refractivity contribution < 1.29 is 17.6 Å². The highest BCUT2D eigenvalue weighted by Gasteiger charge is 2.20. The van der Waals surface area contributed by atoms with Gasteiger partial charge in [-0.2, -0.15) is 17.6 Å². The second-order valence-electron chi connectivity index (χ2n) is 5.44. The first-order valence-corrected chi connectivity index (χ1v) is 8.88. The minimum absolute atomic E-state index is 0.0143. The summed E-state index contributed by atoms with van der Waals surface area (Å²) < 4.78 is 31.1. The average Bonchev–Trinajstić information content (AvgIpc) is 3.22. The summed E-state index contributed by atoms with van der Waals surface area (Å²) in [5.74, 6) is 0.476. The third kappa shape index (κ3) is 3.61. The highest BCUT2D eigenvalue weighted by Crippen LogP contribution is 2.14. The van der Waals surface area contributed by atoms with Gasteiger partial charge in [0.15, 0.2) is 5.69 Å². The lowest BCUT2D eigenvalue weighted by Gasteiger charge is -2.05. The molecular weight excluding hydrogens is 344 g/mol. The number of amides is 1. The van der Waals surface area contributed by atoms with Crippen molar-refractivity contribution in [1.82, 2.24) is 19.5 Å². The molecule has 0 aliphatic carbocycles. The van der Waals surface area contributed by atoms with Gasteiger partial charge in [-0.25, -0.2) is 4.98 Å². The fourth-order valence-corrected chi connectivity index (χ4v) is 3.39. The Balaban J connectivity index is 1.76. The molecule has 1 N–H and O–H groups in total. The zero-order valence-electron chi connectivity index (χ0n) is 13.6. The van der Waals surface area contributed by atoms with Crippen LogP contribution in [0.15, 0.2) is 52.0 Å². The van der Waals surface area contributed by atoms with Gasteiger partial charge in [0.25, 0.3) is 15.9 Å². The number of hydrogen-bond donors (Lipinski definition) is 1. The molecule has 9 heteroatoms. The summed E-state index contributed by atoms with van der Waals surface area (Å²) in [5.41, 5.74) is 0.798. The van der Waals surface area contributed by atoms with Crippen molar-refractivity contribution in [3.63, 3.8) is 0 Å². The van der Waals surface area contributed by atoms with Crippen molar-refractivity contribution in [3.8, 4) is 0 Å². The molecule has 0 spiro atoms. The molecule has 0 saturated carbocycles. The van der Waals surface area contributed by atoms with E-state index in [-0.39, 0.29) is 17.1 Å². The average molecular weight is 360 g/mol. The minimum Gasteiger partial charge on any atom is -0.444 e.